The number of rotatable bonds is 2. The number of guanidine groups is 1. The second-order valence-electron chi connectivity index (χ2n) is 2.04. The van der Waals surface area contributed by atoms with Crippen LogP contribution in [0.25, 0.3) is 0 Å². The van der Waals surface area contributed by atoms with Crippen LogP contribution >= 0.6 is 0 Å². The van der Waals surface area contributed by atoms with Gasteiger partial charge in [-0.1, -0.05) is 0 Å². The summed E-state index contributed by atoms with van der Waals surface area (Å²) < 4.78 is 5.06. The summed E-state index contributed by atoms with van der Waals surface area (Å²) >= 11 is 0. The summed E-state index contributed by atoms with van der Waals surface area (Å²) in [4.78, 5) is 3.73. The third-order valence-electron chi connectivity index (χ3n) is 1.26. The number of nitrogens with two attached hydrogens (primary N) is 1. The van der Waals surface area contributed by atoms with E-state index in [0.717, 1.165) is 5.76 Å². The van der Waals surface area contributed by atoms with Gasteiger partial charge >= 0.3 is 0 Å². The molecular formula is C7H11N3O. The van der Waals surface area contributed by atoms with E-state index in [0.29, 0.717) is 12.5 Å². The van der Waals surface area contributed by atoms with Crippen molar-refractivity contribution in [3.05, 3.63) is 24.2 Å². The molecule has 0 aliphatic carbocycles. The highest BCUT2D eigenvalue weighted by Crippen LogP contribution is 1.97. The Morgan fingerprint density at radius 3 is 3.18 bits per heavy atom. The molecule has 0 unspecified atom stereocenters. The van der Waals surface area contributed by atoms with Gasteiger partial charge in [0.25, 0.3) is 0 Å². The van der Waals surface area contributed by atoms with Gasteiger partial charge in [0.15, 0.2) is 5.96 Å². The molecule has 1 aromatic heterocycles. The second-order valence-corrected chi connectivity index (χ2v) is 2.04. The Morgan fingerprint density at radius 1 is 1.82 bits per heavy atom. The lowest BCUT2D eigenvalue weighted by atomic mass is 10.4. The molecule has 0 bridgehead atoms. The molecular weight excluding hydrogens is 142 g/mol. The van der Waals surface area contributed by atoms with Crippen LogP contribution < -0.4 is 11.1 Å². The summed E-state index contributed by atoms with van der Waals surface area (Å²) in [5, 5.41) is 2.87. The van der Waals surface area contributed by atoms with Crippen molar-refractivity contribution in [2.24, 2.45) is 10.7 Å². The molecule has 0 aliphatic rings. The van der Waals surface area contributed by atoms with Crippen LogP contribution in [0, 0.1) is 0 Å². The predicted octanol–water partition coefficient (Wildman–Crippen LogP) is 0.314. The van der Waals surface area contributed by atoms with E-state index in [9.17, 15) is 0 Å². The van der Waals surface area contributed by atoms with Crippen LogP contribution in [0.1, 0.15) is 5.76 Å². The minimum atomic E-state index is 0.418. The van der Waals surface area contributed by atoms with Crippen LogP contribution in [0.4, 0.5) is 0 Å². The summed E-state index contributed by atoms with van der Waals surface area (Å²) in [5.41, 5.74) is 5.39. The van der Waals surface area contributed by atoms with Crippen molar-refractivity contribution in [2.75, 3.05) is 7.05 Å². The van der Waals surface area contributed by atoms with Crippen LogP contribution in [0.3, 0.4) is 0 Å². The molecule has 0 aromatic carbocycles. The summed E-state index contributed by atoms with van der Waals surface area (Å²) in [6.45, 7) is 0.580. The third-order valence-corrected chi connectivity index (χ3v) is 1.26. The zero-order valence-corrected chi connectivity index (χ0v) is 6.37. The SMILES string of the molecule is CN=C(N)NCc1ccco1. The highest BCUT2D eigenvalue weighted by molar-refractivity contribution is 5.77. The standard InChI is InChI=1S/C7H11N3O/c1-9-7(8)10-5-6-3-2-4-11-6/h2-4H,5H2,1H3,(H3,8,9,10). The fourth-order valence-electron chi connectivity index (χ4n) is 0.670. The monoisotopic (exact) mass is 153 g/mol. The van der Waals surface area contributed by atoms with Crippen LogP contribution in [0.2, 0.25) is 0 Å². The summed E-state index contributed by atoms with van der Waals surface area (Å²) in [6, 6.07) is 3.70. The molecule has 60 valence electrons. The lowest BCUT2D eigenvalue weighted by molar-refractivity contribution is 0.503. The number of hydrogen-bond acceptors (Lipinski definition) is 2. The van der Waals surface area contributed by atoms with Gasteiger partial charge in [0.05, 0.1) is 12.8 Å². The highest BCUT2D eigenvalue weighted by atomic mass is 16.3. The fourth-order valence-corrected chi connectivity index (χ4v) is 0.670. The van der Waals surface area contributed by atoms with Crippen molar-refractivity contribution in [1.82, 2.24) is 5.32 Å². The van der Waals surface area contributed by atoms with Gasteiger partial charge in [0.2, 0.25) is 0 Å². The molecule has 11 heavy (non-hydrogen) atoms. The minimum absolute atomic E-state index is 0.418. The summed E-state index contributed by atoms with van der Waals surface area (Å²) in [7, 11) is 1.63. The van der Waals surface area contributed by atoms with Crippen molar-refractivity contribution >= 4 is 5.96 Å². The topological polar surface area (TPSA) is 63.5 Å². The average Bonchev–Trinajstić information content (AvgIpc) is 2.52. The maximum Gasteiger partial charge on any atom is 0.188 e. The Labute approximate surface area is 65.1 Å². The van der Waals surface area contributed by atoms with E-state index in [2.05, 4.69) is 10.3 Å². The number of hydrogen-bond donors (Lipinski definition) is 2. The molecule has 4 nitrogen and oxygen atoms in total. The molecule has 0 aliphatic heterocycles. The molecule has 1 rings (SSSR count). The minimum Gasteiger partial charge on any atom is -0.467 e. The summed E-state index contributed by atoms with van der Waals surface area (Å²) in [5.74, 6) is 1.26. The van der Waals surface area contributed by atoms with Gasteiger partial charge < -0.3 is 15.5 Å². The van der Waals surface area contributed by atoms with E-state index in [1.807, 2.05) is 12.1 Å². The molecule has 0 saturated heterocycles. The first-order valence-corrected chi connectivity index (χ1v) is 3.31. The van der Waals surface area contributed by atoms with Gasteiger partial charge in [-0.05, 0) is 12.1 Å². The predicted molar refractivity (Wildman–Crippen MR) is 43.1 cm³/mol. The molecule has 4 heteroatoms. The molecule has 1 heterocycles. The Balaban J connectivity index is 2.35. The zero-order valence-electron chi connectivity index (χ0n) is 6.37. The van der Waals surface area contributed by atoms with Crippen LogP contribution in [-0.2, 0) is 6.54 Å². The summed E-state index contributed by atoms with van der Waals surface area (Å²) in [6.07, 6.45) is 1.62. The van der Waals surface area contributed by atoms with Gasteiger partial charge in [-0.3, -0.25) is 4.99 Å². The van der Waals surface area contributed by atoms with Gasteiger partial charge in [-0.2, -0.15) is 0 Å². The number of furan rings is 1. The van der Waals surface area contributed by atoms with Crippen molar-refractivity contribution in [3.8, 4) is 0 Å². The Bertz CT molecular complexity index is 228. The molecule has 0 saturated carbocycles. The lowest BCUT2D eigenvalue weighted by Crippen LogP contribution is -2.30. The van der Waals surface area contributed by atoms with Crippen molar-refractivity contribution in [1.29, 1.82) is 0 Å². The number of nitrogens with one attached hydrogen (secondary N) is 1. The smallest absolute Gasteiger partial charge is 0.188 e. The van der Waals surface area contributed by atoms with Crippen LogP contribution in [0.15, 0.2) is 27.8 Å². The van der Waals surface area contributed by atoms with E-state index < -0.39 is 0 Å². The molecule has 0 fully saturated rings. The Morgan fingerprint density at radius 2 is 2.64 bits per heavy atom. The van der Waals surface area contributed by atoms with Crippen molar-refractivity contribution < 1.29 is 4.42 Å². The quantitative estimate of drug-likeness (QED) is 0.475. The van der Waals surface area contributed by atoms with Gasteiger partial charge in [0.1, 0.15) is 5.76 Å². The van der Waals surface area contributed by atoms with Crippen LogP contribution in [0.5, 0.6) is 0 Å². The normalized spacial score (nSPS) is 11.5. The largest absolute Gasteiger partial charge is 0.467 e. The van der Waals surface area contributed by atoms with Crippen LogP contribution in [-0.4, -0.2) is 13.0 Å². The van der Waals surface area contributed by atoms with Crippen molar-refractivity contribution in [3.63, 3.8) is 0 Å². The maximum absolute atomic E-state index is 5.39. The van der Waals surface area contributed by atoms with E-state index in [1.165, 1.54) is 0 Å². The second kappa shape index (κ2) is 3.65. The molecule has 3 N–H and O–H groups in total. The van der Waals surface area contributed by atoms with Gasteiger partial charge in [0, 0.05) is 7.05 Å². The Hall–Kier alpha value is -1.45. The van der Waals surface area contributed by atoms with Crippen molar-refractivity contribution in [2.45, 2.75) is 6.54 Å². The Kier molecular flexibility index (Phi) is 2.54. The van der Waals surface area contributed by atoms with E-state index >= 15 is 0 Å². The molecule has 0 atom stereocenters. The highest BCUT2D eigenvalue weighted by Gasteiger charge is 1.93. The van der Waals surface area contributed by atoms with E-state index in [1.54, 1.807) is 13.3 Å². The lowest BCUT2D eigenvalue weighted by Gasteiger charge is -2.00. The first-order chi connectivity index (χ1) is 5.33. The number of aliphatic imine (C=N–C) groups is 1. The van der Waals surface area contributed by atoms with Gasteiger partial charge in [-0.25, -0.2) is 0 Å². The maximum atomic E-state index is 5.39. The van der Waals surface area contributed by atoms with E-state index in [-0.39, 0.29) is 0 Å². The van der Waals surface area contributed by atoms with E-state index in [4.69, 9.17) is 10.2 Å². The first-order valence-electron chi connectivity index (χ1n) is 3.31. The molecule has 0 spiro atoms. The average molecular weight is 153 g/mol. The first kappa shape index (κ1) is 7.65. The number of nitrogens with zero attached hydrogens (tertiary/aromatic N) is 1. The third kappa shape index (κ3) is 2.33. The molecule has 1 aromatic rings. The molecule has 0 radical (unpaired) electrons. The molecule has 0 amide bonds. The fraction of sp³-hybridized carbons (Fsp3) is 0.286. The zero-order chi connectivity index (χ0) is 8.10. The van der Waals surface area contributed by atoms with Gasteiger partial charge in [-0.15, -0.1) is 0 Å².